The minimum absolute atomic E-state index is 0.103. The third kappa shape index (κ3) is 4.49. The molecule has 4 aromatic rings. The van der Waals surface area contributed by atoms with E-state index in [1.807, 2.05) is 0 Å². The molecule has 0 unspecified atom stereocenters. The Bertz CT molecular complexity index is 1270. The van der Waals surface area contributed by atoms with Crippen molar-refractivity contribution >= 4 is 17.6 Å². The Kier molecular flexibility index (Phi) is 5.82. The number of halogens is 1. The van der Waals surface area contributed by atoms with E-state index >= 15 is 0 Å². The Morgan fingerprint density at radius 3 is 2.65 bits per heavy atom. The quantitative estimate of drug-likeness (QED) is 0.344. The molecule has 0 amide bonds. The molecule has 0 bridgehead atoms. The molecule has 0 aliphatic heterocycles. The van der Waals surface area contributed by atoms with Crippen LogP contribution in [0, 0.1) is 17.1 Å². The van der Waals surface area contributed by atoms with E-state index in [9.17, 15) is 9.65 Å². The third-order valence-corrected chi connectivity index (χ3v) is 5.25. The summed E-state index contributed by atoms with van der Waals surface area (Å²) in [6, 6.07) is 15.3. The highest BCUT2D eigenvalue weighted by Gasteiger charge is 2.16. The highest BCUT2D eigenvalue weighted by Crippen LogP contribution is 2.30. The van der Waals surface area contributed by atoms with Crippen molar-refractivity contribution in [3.05, 3.63) is 71.9 Å². The second kappa shape index (κ2) is 8.85. The van der Waals surface area contributed by atoms with E-state index in [2.05, 4.69) is 21.0 Å². The summed E-state index contributed by atoms with van der Waals surface area (Å²) < 4.78 is 24.0. The van der Waals surface area contributed by atoms with E-state index in [-0.39, 0.29) is 17.2 Å². The van der Waals surface area contributed by atoms with Gasteiger partial charge in [-0.15, -0.1) is 0 Å². The number of methoxy groups -OCH3 is 1. The second-order valence-electron chi connectivity index (χ2n) is 6.40. The molecule has 0 atom stereocenters. The predicted molar refractivity (Wildman–Crippen MR) is 115 cm³/mol. The van der Waals surface area contributed by atoms with Crippen LogP contribution in [0.2, 0.25) is 0 Å². The van der Waals surface area contributed by atoms with E-state index in [0.29, 0.717) is 39.5 Å². The summed E-state index contributed by atoms with van der Waals surface area (Å²) in [5.41, 5.74) is 8.58. The van der Waals surface area contributed by atoms with Crippen LogP contribution in [-0.2, 0) is 5.75 Å². The van der Waals surface area contributed by atoms with E-state index in [1.165, 1.54) is 30.2 Å². The van der Waals surface area contributed by atoms with Crippen LogP contribution < -0.4 is 10.5 Å². The van der Waals surface area contributed by atoms with Crippen molar-refractivity contribution in [2.75, 3.05) is 12.8 Å². The van der Waals surface area contributed by atoms with Crippen molar-refractivity contribution < 1.29 is 13.5 Å². The number of nitrogens with two attached hydrogens (primary N) is 1. The van der Waals surface area contributed by atoms with Gasteiger partial charge in [0.05, 0.1) is 18.5 Å². The minimum Gasteiger partial charge on any atom is -0.497 e. The van der Waals surface area contributed by atoms with Gasteiger partial charge in [0, 0.05) is 16.9 Å². The lowest BCUT2D eigenvalue weighted by molar-refractivity contribution is 0.415. The van der Waals surface area contributed by atoms with Crippen molar-refractivity contribution in [3.8, 4) is 34.5 Å². The standard InChI is InChI=1S/C22H16FN5O2S/c1-29-17-7-5-13(6-8-17)19-18(10-24)20(25)28-22(27-19)31-12-16-11-30-21(26-16)14-3-2-4-15(23)9-14/h2-9,11H,12H2,1H3,(H2,25,27,28). The van der Waals surface area contributed by atoms with Crippen LogP contribution in [0.15, 0.2) is 64.4 Å². The molecule has 0 spiro atoms. The zero-order valence-electron chi connectivity index (χ0n) is 16.4. The van der Waals surface area contributed by atoms with Crippen LogP contribution in [0.1, 0.15) is 11.3 Å². The molecule has 9 heteroatoms. The summed E-state index contributed by atoms with van der Waals surface area (Å²) in [5, 5.41) is 9.90. The normalized spacial score (nSPS) is 10.6. The van der Waals surface area contributed by atoms with Gasteiger partial charge in [-0.1, -0.05) is 17.8 Å². The predicted octanol–water partition coefficient (Wildman–Crippen LogP) is 4.69. The van der Waals surface area contributed by atoms with Gasteiger partial charge in [0.2, 0.25) is 5.89 Å². The van der Waals surface area contributed by atoms with Crippen molar-refractivity contribution in [1.82, 2.24) is 15.0 Å². The summed E-state index contributed by atoms with van der Waals surface area (Å²) in [6.45, 7) is 0. The van der Waals surface area contributed by atoms with Gasteiger partial charge in [-0.2, -0.15) is 5.26 Å². The summed E-state index contributed by atoms with van der Waals surface area (Å²) in [6.07, 6.45) is 1.50. The van der Waals surface area contributed by atoms with Gasteiger partial charge in [-0.25, -0.2) is 19.3 Å². The number of nitriles is 1. The smallest absolute Gasteiger partial charge is 0.226 e. The maximum atomic E-state index is 13.4. The third-order valence-electron chi connectivity index (χ3n) is 4.36. The minimum atomic E-state index is -0.362. The maximum Gasteiger partial charge on any atom is 0.226 e. The topological polar surface area (TPSA) is 111 Å². The van der Waals surface area contributed by atoms with Gasteiger partial charge in [0.25, 0.3) is 0 Å². The molecule has 0 aliphatic carbocycles. The number of hydrogen-bond acceptors (Lipinski definition) is 8. The lowest BCUT2D eigenvalue weighted by Crippen LogP contribution is -2.02. The number of anilines is 1. The number of nitrogen functional groups attached to an aromatic ring is 1. The molecule has 0 radical (unpaired) electrons. The summed E-state index contributed by atoms with van der Waals surface area (Å²) in [7, 11) is 1.58. The van der Waals surface area contributed by atoms with Crippen molar-refractivity contribution in [3.63, 3.8) is 0 Å². The highest BCUT2D eigenvalue weighted by molar-refractivity contribution is 7.98. The molecular weight excluding hydrogens is 417 g/mol. The Morgan fingerprint density at radius 1 is 1.13 bits per heavy atom. The Labute approximate surface area is 181 Å². The van der Waals surface area contributed by atoms with E-state index < -0.39 is 0 Å². The molecular formula is C22H16FN5O2S. The maximum absolute atomic E-state index is 13.4. The van der Waals surface area contributed by atoms with Crippen LogP contribution in [0.25, 0.3) is 22.7 Å². The summed E-state index contributed by atoms with van der Waals surface area (Å²) in [5.74, 6) is 1.17. The fourth-order valence-electron chi connectivity index (χ4n) is 2.86. The summed E-state index contributed by atoms with van der Waals surface area (Å²) in [4.78, 5) is 13.1. The molecule has 154 valence electrons. The average Bonchev–Trinajstić information content (AvgIpc) is 3.26. The number of thioether (sulfide) groups is 1. The van der Waals surface area contributed by atoms with Gasteiger partial charge in [-0.05, 0) is 42.5 Å². The molecule has 0 saturated heterocycles. The molecule has 2 aromatic heterocycles. The average molecular weight is 433 g/mol. The fourth-order valence-corrected chi connectivity index (χ4v) is 3.58. The molecule has 31 heavy (non-hydrogen) atoms. The second-order valence-corrected chi connectivity index (χ2v) is 7.34. The summed E-state index contributed by atoms with van der Waals surface area (Å²) >= 11 is 1.30. The van der Waals surface area contributed by atoms with E-state index in [1.54, 1.807) is 43.5 Å². The zero-order chi connectivity index (χ0) is 21.8. The van der Waals surface area contributed by atoms with Crippen LogP contribution in [-0.4, -0.2) is 22.1 Å². The molecule has 0 fully saturated rings. The van der Waals surface area contributed by atoms with Crippen molar-refractivity contribution in [2.24, 2.45) is 0 Å². The number of rotatable bonds is 6. The molecule has 2 aromatic carbocycles. The first-order chi connectivity index (χ1) is 15.1. The Morgan fingerprint density at radius 2 is 1.94 bits per heavy atom. The van der Waals surface area contributed by atoms with E-state index in [4.69, 9.17) is 14.9 Å². The number of aromatic nitrogens is 3. The van der Waals surface area contributed by atoms with Gasteiger partial charge in [-0.3, -0.25) is 0 Å². The molecule has 7 nitrogen and oxygen atoms in total. The van der Waals surface area contributed by atoms with Gasteiger partial charge in [0.1, 0.15) is 35.3 Å². The molecule has 4 rings (SSSR count). The zero-order valence-corrected chi connectivity index (χ0v) is 17.2. The van der Waals surface area contributed by atoms with Crippen LogP contribution in [0.4, 0.5) is 10.2 Å². The number of ether oxygens (including phenoxy) is 1. The monoisotopic (exact) mass is 433 g/mol. The van der Waals surface area contributed by atoms with E-state index in [0.717, 1.165) is 5.56 Å². The molecule has 0 saturated carbocycles. The number of hydrogen-bond donors (Lipinski definition) is 1. The first kappa shape index (κ1) is 20.4. The van der Waals surface area contributed by atoms with Crippen molar-refractivity contribution in [1.29, 1.82) is 5.26 Å². The van der Waals surface area contributed by atoms with Crippen molar-refractivity contribution in [2.45, 2.75) is 10.9 Å². The molecule has 2 heterocycles. The van der Waals surface area contributed by atoms with Gasteiger partial charge in [0.15, 0.2) is 5.16 Å². The number of benzene rings is 2. The lowest BCUT2D eigenvalue weighted by Gasteiger charge is -2.09. The lowest BCUT2D eigenvalue weighted by atomic mass is 10.1. The fraction of sp³-hybridized carbons (Fsp3) is 0.0909. The molecule has 0 aliphatic rings. The Balaban J connectivity index is 1.56. The van der Waals surface area contributed by atoms with Crippen LogP contribution >= 0.6 is 11.8 Å². The largest absolute Gasteiger partial charge is 0.497 e. The first-order valence-electron chi connectivity index (χ1n) is 9.12. The van der Waals surface area contributed by atoms with Gasteiger partial charge >= 0.3 is 0 Å². The number of oxazole rings is 1. The van der Waals surface area contributed by atoms with Crippen LogP contribution in [0.3, 0.4) is 0 Å². The van der Waals surface area contributed by atoms with Gasteiger partial charge < -0.3 is 14.9 Å². The SMILES string of the molecule is COc1ccc(-c2nc(SCc3coc(-c4cccc(F)c4)n3)nc(N)c2C#N)cc1. The first-order valence-corrected chi connectivity index (χ1v) is 10.1. The molecule has 2 N–H and O–H groups in total. The highest BCUT2D eigenvalue weighted by atomic mass is 32.2. The Hall–Kier alpha value is -3.90. The van der Waals surface area contributed by atoms with Crippen LogP contribution in [0.5, 0.6) is 5.75 Å². The number of nitrogens with zero attached hydrogens (tertiary/aromatic N) is 4.